The summed E-state index contributed by atoms with van der Waals surface area (Å²) in [5.41, 5.74) is 3.50. The maximum Gasteiger partial charge on any atom is 0.194 e. The second-order valence-electron chi connectivity index (χ2n) is 6.11. The van der Waals surface area contributed by atoms with Crippen LogP contribution in [-0.2, 0) is 6.54 Å². The van der Waals surface area contributed by atoms with E-state index in [1.54, 1.807) is 13.1 Å². The summed E-state index contributed by atoms with van der Waals surface area (Å²) in [7, 11) is 1.72. The molecule has 0 atom stereocenters. The normalized spacial score (nSPS) is 14.0. The van der Waals surface area contributed by atoms with Gasteiger partial charge < -0.3 is 10.2 Å². The monoisotopic (exact) mass is 476 g/mol. The molecule has 2 aromatic rings. The number of nitrogens with zero attached hydrogens (tertiary/aromatic N) is 3. The van der Waals surface area contributed by atoms with Gasteiger partial charge in [0, 0.05) is 32.2 Å². The van der Waals surface area contributed by atoms with E-state index in [2.05, 4.69) is 33.4 Å². The zero-order chi connectivity index (χ0) is 18.4. The molecular weight excluding hydrogens is 454 g/mol. The molecule has 2 aromatic carbocycles. The van der Waals surface area contributed by atoms with Crippen molar-refractivity contribution >= 4 is 35.5 Å². The van der Waals surface area contributed by atoms with E-state index < -0.39 is 0 Å². The number of nitrogens with one attached hydrogen (secondary N) is 1. The molecular formula is C21H22FIN4. The van der Waals surface area contributed by atoms with Crippen LogP contribution in [0.1, 0.15) is 23.1 Å². The van der Waals surface area contributed by atoms with Crippen LogP contribution in [0.4, 0.5) is 4.39 Å². The predicted molar refractivity (Wildman–Crippen MR) is 117 cm³/mol. The molecule has 4 nitrogen and oxygen atoms in total. The van der Waals surface area contributed by atoms with Crippen LogP contribution in [0, 0.1) is 17.1 Å². The fraction of sp³-hybridized carbons (Fsp3) is 0.238. The third-order valence-corrected chi connectivity index (χ3v) is 4.48. The number of halogens is 2. The van der Waals surface area contributed by atoms with Crippen molar-refractivity contribution in [3.63, 3.8) is 0 Å². The largest absolute Gasteiger partial charge is 0.352 e. The molecule has 27 heavy (non-hydrogen) atoms. The van der Waals surface area contributed by atoms with Crippen molar-refractivity contribution in [1.29, 1.82) is 5.26 Å². The lowest BCUT2D eigenvalue weighted by Gasteiger charge is -2.30. The number of aliphatic imine (C=N–C) groups is 1. The molecule has 0 saturated carbocycles. The van der Waals surface area contributed by atoms with E-state index in [1.165, 1.54) is 23.3 Å². The van der Waals surface area contributed by atoms with E-state index in [0.29, 0.717) is 17.7 Å². The van der Waals surface area contributed by atoms with Crippen molar-refractivity contribution in [2.45, 2.75) is 13.0 Å². The molecule has 0 bridgehead atoms. The lowest BCUT2D eigenvalue weighted by Crippen LogP contribution is -2.43. The molecule has 0 saturated heterocycles. The smallest absolute Gasteiger partial charge is 0.194 e. The summed E-state index contributed by atoms with van der Waals surface area (Å²) in [4.78, 5) is 6.45. The van der Waals surface area contributed by atoms with E-state index in [9.17, 15) is 4.39 Å². The predicted octanol–water partition coefficient (Wildman–Crippen LogP) is 4.18. The first-order valence-corrected chi connectivity index (χ1v) is 8.60. The van der Waals surface area contributed by atoms with E-state index in [4.69, 9.17) is 5.26 Å². The van der Waals surface area contributed by atoms with Crippen molar-refractivity contribution in [3.8, 4) is 6.07 Å². The second-order valence-corrected chi connectivity index (χ2v) is 6.11. The van der Waals surface area contributed by atoms with Crippen molar-refractivity contribution in [2.24, 2.45) is 4.99 Å². The molecule has 1 aliphatic heterocycles. The van der Waals surface area contributed by atoms with Gasteiger partial charge in [0.1, 0.15) is 5.82 Å². The van der Waals surface area contributed by atoms with Crippen LogP contribution in [0.5, 0.6) is 0 Å². The highest BCUT2D eigenvalue weighted by Crippen LogP contribution is 2.22. The third kappa shape index (κ3) is 5.30. The number of rotatable bonds is 3. The Kier molecular flexibility index (Phi) is 7.80. The summed E-state index contributed by atoms with van der Waals surface area (Å²) >= 11 is 0. The molecule has 0 amide bonds. The van der Waals surface area contributed by atoms with E-state index >= 15 is 0 Å². The molecule has 0 unspecified atom stereocenters. The highest BCUT2D eigenvalue weighted by Gasteiger charge is 2.16. The summed E-state index contributed by atoms with van der Waals surface area (Å²) in [6, 6.07) is 16.8. The summed E-state index contributed by atoms with van der Waals surface area (Å²) < 4.78 is 13.9. The highest BCUT2D eigenvalue weighted by atomic mass is 127. The van der Waals surface area contributed by atoms with Crippen LogP contribution in [0.15, 0.2) is 59.6 Å². The topological polar surface area (TPSA) is 51.4 Å². The molecule has 140 valence electrons. The van der Waals surface area contributed by atoms with Crippen molar-refractivity contribution < 1.29 is 4.39 Å². The quantitative estimate of drug-likeness (QED) is 0.411. The Morgan fingerprint density at radius 1 is 1.26 bits per heavy atom. The number of nitriles is 1. The molecule has 0 aromatic heterocycles. The minimum absolute atomic E-state index is 0. The molecule has 0 spiro atoms. The first kappa shape index (κ1) is 20.9. The third-order valence-electron chi connectivity index (χ3n) is 4.48. The molecule has 0 fully saturated rings. The van der Waals surface area contributed by atoms with Crippen LogP contribution in [0.25, 0.3) is 5.57 Å². The molecule has 6 heteroatoms. The molecule has 1 N–H and O–H groups in total. The number of benzene rings is 2. The maximum absolute atomic E-state index is 13.9. The van der Waals surface area contributed by atoms with Crippen LogP contribution in [0.3, 0.4) is 0 Å². The average Bonchev–Trinajstić information content (AvgIpc) is 2.71. The Labute approximate surface area is 176 Å². The SMILES string of the molecule is CN=C(NCc1cc(C#N)ccc1F)N1CC=C(c2ccccc2)CC1.I. The fourth-order valence-electron chi connectivity index (χ4n) is 3.06. The van der Waals surface area contributed by atoms with E-state index in [0.717, 1.165) is 25.5 Å². The van der Waals surface area contributed by atoms with E-state index in [-0.39, 0.29) is 29.8 Å². The van der Waals surface area contributed by atoms with Gasteiger partial charge in [-0.2, -0.15) is 5.26 Å². The van der Waals surface area contributed by atoms with Gasteiger partial charge in [-0.3, -0.25) is 4.99 Å². The zero-order valence-electron chi connectivity index (χ0n) is 15.2. The van der Waals surface area contributed by atoms with Crippen LogP contribution in [-0.4, -0.2) is 31.0 Å². The van der Waals surface area contributed by atoms with Gasteiger partial charge in [0.15, 0.2) is 5.96 Å². The summed E-state index contributed by atoms with van der Waals surface area (Å²) in [5, 5.41) is 12.2. The lowest BCUT2D eigenvalue weighted by atomic mass is 10.00. The summed E-state index contributed by atoms with van der Waals surface area (Å²) in [6.45, 7) is 1.89. The van der Waals surface area contributed by atoms with Gasteiger partial charge in [0.2, 0.25) is 0 Å². The van der Waals surface area contributed by atoms with Gasteiger partial charge >= 0.3 is 0 Å². The average molecular weight is 476 g/mol. The highest BCUT2D eigenvalue weighted by molar-refractivity contribution is 14.0. The van der Waals surface area contributed by atoms with Crippen molar-refractivity contribution in [2.75, 3.05) is 20.1 Å². The fourth-order valence-corrected chi connectivity index (χ4v) is 3.06. The Morgan fingerprint density at radius 3 is 2.67 bits per heavy atom. The summed E-state index contributed by atoms with van der Waals surface area (Å²) in [5.74, 6) is 0.409. The standard InChI is InChI=1S/C21H21FN4.HI/c1-24-21(25-15-19-13-16(14-23)7-8-20(19)22)26-11-9-18(10-12-26)17-5-3-2-4-6-17;/h2-9,13H,10-12,15H2,1H3,(H,24,25);1H. The molecule has 1 heterocycles. The Hall–Kier alpha value is -2.40. The van der Waals surface area contributed by atoms with Gasteiger partial charge in [0.05, 0.1) is 11.6 Å². The van der Waals surface area contributed by atoms with Crippen molar-refractivity contribution in [3.05, 3.63) is 77.1 Å². The van der Waals surface area contributed by atoms with Gasteiger partial charge in [-0.1, -0.05) is 36.4 Å². The van der Waals surface area contributed by atoms with Gasteiger partial charge in [-0.15, -0.1) is 24.0 Å². The van der Waals surface area contributed by atoms with Gasteiger partial charge in [0.25, 0.3) is 0 Å². The lowest BCUT2D eigenvalue weighted by molar-refractivity contribution is 0.439. The number of guanidine groups is 1. The zero-order valence-corrected chi connectivity index (χ0v) is 17.5. The van der Waals surface area contributed by atoms with Crippen LogP contribution < -0.4 is 5.32 Å². The summed E-state index contributed by atoms with van der Waals surface area (Å²) in [6.07, 6.45) is 3.14. The van der Waals surface area contributed by atoms with Gasteiger partial charge in [-0.05, 0) is 35.8 Å². The number of hydrogen-bond donors (Lipinski definition) is 1. The van der Waals surface area contributed by atoms with E-state index in [1.807, 2.05) is 24.3 Å². The second kappa shape index (κ2) is 10.1. The molecule has 3 rings (SSSR count). The Morgan fingerprint density at radius 2 is 2.04 bits per heavy atom. The first-order chi connectivity index (χ1) is 12.7. The first-order valence-electron chi connectivity index (χ1n) is 8.60. The van der Waals surface area contributed by atoms with Crippen LogP contribution in [0.2, 0.25) is 0 Å². The molecule has 0 aliphatic carbocycles. The molecule has 1 aliphatic rings. The molecule has 0 radical (unpaired) electrons. The minimum Gasteiger partial charge on any atom is -0.352 e. The minimum atomic E-state index is -0.322. The van der Waals surface area contributed by atoms with Gasteiger partial charge in [-0.25, -0.2) is 4.39 Å². The maximum atomic E-state index is 13.9. The number of hydrogen-bond acceptors (Lipinski definition) is 2. The van der Waals surface area contributed by atoms with Crippen LogP contribution >= 0.6 is 24.0 Å². The Bertz CT molecular complexity index is 871. The Balaban J connectivity index is 0.00000261. The van der Waals surface area contributed by atoms with Crippen molar-refractivity contribution in [1.82, 2.24) is 10.2 Å².